The summed E-state index contributed by atoms with van der Waals surface area (Å²) in [7, 11) is 0. The molecule has 0 aromatic rings. The van der Waals surface area contributed by atoms with E-state index in [1.807, 2.05) is 0 Å². The van der Waals surface area contributed by atoms with Gasteiger partial charge >= 0.3 is 0 Å². The number of hydrogen-bond acceptors (Lipinski definition) is 2. The molecule has 0 amide bonds. The van der Waals surface area contributed by atoms with E-state index in [4.69, 9.17) is 0 Å². The van der Waals surface area contributed by atoms with Crippen molar-refractivity contribution in [2.75, 3.05) is 0 Å². The van der Waals surface area contributed by atoms with Crippen molar-refractivity contribution in [3.63, 3.8) is 0 Å². The second-order valence-electron chi connectivity index (χ2n) is 11.4. The Balaban J connectivity index is 1.29. The maximum Gasteiger partial charge on any atom is 0.0860 e. The van der Waals surface area contributed by atoms with E-state index in [0.717, 1.165) is 35.5 Å². The summed E-state index contributed by atoms with van der Waals surface area (Å²) in [6.07, 6.45) is 14.9. The molecule has 8 aliphatic carbocycles. The molecule has 0 radical (unpaired) electrons. The number of rotatable bonds is 3. The van der Waals surface area contributed by atoms with Crippen molar-refractivity contribution < 1.29 is 10.2 Å². The molecule has 134 valence electrons. The van der Waals surface area contributed by atoms with Gasteiger partial charge in [0.15, 0.2) is 0 Å². The highest BCUT2D eigenvalue weighted by molar-refractivity contribution is 5.11. The average molecular weight is 331 g/mol. The largest absolute Gasteiger partial charge is 0.390 e. The van der Waals surface area contributed by atoms with E-state index in [1.54, 1.807) is 0 Å². The molecule has 0 heterocycles. The lowest BCUT2D eigenvalue weighted by Crippen LogP contribution is -2.61. The van der Waals surface area contributed by atoms with Crippen LogP contribution in [0.1, 0.15) is 77.0 Å². The summed E-state index contributed by atoms with van der Waals surface area (Å²) in [4.78, 5) is 0. The molecule has 2 atom stereocenters. The van der Waals surface area contributed by atoms with Crippen LogP contribution in [0.5, 0.6) is 0 Å². The van der Waals surface area contributed by atoms with Crippen molar-refractivity contribution in [2.24, 2.45) is 46.3 Å². The van der Waals surface area contributed by atoms with Gasteiger partial charge in [0.1, 0.15) is 0 Å². The minimum absolute atomic E-state index is 0.0809. The predicted octanol–water partition coefficient (Wildman–Crippen LogP) is 4.14. The monoisotopic (exact) mass is 330 g/mol. The summed E-state index contributed by atoms with van der Waals surface area (Å²) in [5.74, 6) is 5.14. The first-order valence-corrected chi connectivity index (χ1v) is 10.9. The molecule has 8 bridgehead atoms. The number of hydrogen-bond donors (Lipinski definition) is 2. The fraction of sp³-hybridized carbons (Fsp3) is 1.00. The molecule has 0 unspecified atom stereocenters. The maximum atomic E-state index is 11.5. The third-order valence-corrected chi connectivity index (χ3v) is 9.73. The Morgan fingerprint density at radius 3 is 0.875 bits per heavy atom. The Bertz CT molecular complexity index is 420. The van der Waals surface area contributed by atoms with E-state index >= 15 is 0 Å². The molecular weight excluding hydrogens is 296 g/mol. The molecule has 0 aromatic heterocycles. The van der Waals surface area contributed by atoms with E-state index < -0.39 is 12.2 Å². The SMILES string of the molecule is O[C@H]([C@@H](O)C12CC3CC(CC(C3)C1)C2)C12CC3CC(CC(C3)C1)C2. The molecule has 0 spiro atoms. The van der Waals surface area contributed by atoms with E-state index in [-0.39, 0.29) is 10.8 Å². The molecule has 8 fully saturated rings. The zero-order valence-electron chi connectivity index (χ0n) is 15.0. The van der Waals surface area contributed by atoms with Crippen molar-refractivity contribution in [3.05, 3.63) is 0 Å². The van der Waals surface area contributed by atoms with Gasteiger partial charge in [0.05, 0.1) is 12.2 Å². The fourth-order valence-electron chi connectivity index (χ4n) is 9.75. The van der Waals surface area contributed by atoms with Crippen molar-refractivity contribution in [1.82, 2.24) is 0 Å². The molecule has 8 saturated carbocycles. The van der Waals surface area contributed by atoms with Gasteiger partial charge in [-0.25, -0.2) is 0 Å². The van der Waals surface area contributed by atoms with Crippen LogP contribution in [-0.4, -0.2) is 22.4 Å². The third kappa shape index (κ3) is 1.96. The Labute approximate surface area is 146 Å². The summed E-state index contributed by atoms with van der Waals surface area (Å²) in [6.45, 7) is 0. The van der Waals surface area contributed by atoms with E-state index in [9.17, 15) is 10.2 Å². The second kappa shape index (κ2) is 4.80. The van der Waals surface area contributed by atoms with Gasteiger partial charge in [-0.2, -0.15) is 0 Å². The zero-order chi connectivity index (χ0) is 16.1. The highest BCUT2D eigenvalue weighted by Crippen LogP contribution is 2.66. The van der Waals surface area contributed by atoms with Crippen LogP contribution < -0.4 is 0 Å². The van der Waals surface area contributed by atoms with E-state index in [2.05, 4.69) is 0 Å². The van der Waals surface area contributed by atoms with Crippen molar-refractivity contribution in [3.8, 4) is 0 Å². The van der Waals surface area contributed by atoms with Gasteiger partial charge in [-0.1, -0.05) is 0 Å². The number of aliphatic hydroxyl groups is 2. The summed E-state index contributed by atoms with van der Waals surface area (Å²) < 4.78 is 0. The molecule has 0 aliphatic heterocycles. The first-order valence-electron chi connectivity index (χ1n) is 10.9. The van der Waals surface area contributed by atoms with Crippen LogP contribution in [0.4, 0.5) is 0 Å². The quantitative estimate of drug-likeness (QED) is 0.816. The van der Waals surface area contributed by atoms with Crippen LogP contribution in [-0.2, 0) is 0 Å². The lowest BCUT2D eigenvalue weighted by atomic mass is 9.44. The normalized spacial score (nSPS) is 59.8. The van der Waals surface area contributed by atoms with Gasteiger partial charge in [-0.05, 0) is 123 Å². The topological polar surface area (TPSA) is 40.5 Å². The second-order valence-corrected chi connectivity index (χ2v) is 11.4. The lowest BCUT2D eigenvalue weighted by molar-refractivity contribution is -0.208. The molecular formula is C22H34O2. The van der Waals surface area contributed by atoms with Crippen LogP contribution in [0.2, 0.25) is 0 Å². The number of aliphatic hydroxyl groups excluding tert-OH is 2. The first-order chi connectivity index (χ1) is 11.5. The highest BCUT2D eigenvalue weighted by atomic mass is 16.3. The van der Waals surface area contributed by atoms with Crippen molar-refractivity contribution in [1.29, 1.82) is 0 Å². The van der Waals surface area contributed by atoms with Gasteiger partial charge in [-0.3, -0.25) is 0 Å². The standard InChI is InChI=1S/C22H34O2/c23-19(21-7-13-1-14(8-21)3-15(2-13)9-21)20(24)22-10-16-4-17(11-22)6-18(5-16)12-22/h13-20,23-24H,1-12H2/t13?,14?,15?,16?,17?,18?,19-,20-,21?,22?/m1/s1. The molecule has 8 aliphatic rings. The molecule has 24 heavy (non-hydrogen) atoms. The van der Waals surface area contributed by atoms with E-state index in [1.165, 1.54) is 77.0 Å². The lowest BCUT2D eigenvalue weighted by Gasteiger charge is -2.63. The van der Waals surface area contributed by atoms with Gasteiger partial charge in [0.2, 0.25) is 0 Å². The summed E-state index contributed by atoms with van der Waals surface area (Å²) in [6, 6.07) is 0. The predicted molar refractivity (Wildman–Crippen MR) is 93.2 cm³/mol. The van der Waals surface area contributed by atoms with Gasteiger partial charge < -0.3 is 10.2 Å². The Morgan fingerprint density at radius 1 is 0.458 bits per heavy atom. The maximum absolute atomic E-state index is 11.5. The Hall–Kier alpha value is -0.0800. The van der Waals surface area contributed by atoms with Crippen molar-refractivity contribution >= 4 is 0 Å². The Morgan fingerprint density at radius 2 is 0.667 bits per heavy atom. The van der Waals surface area contributed by atoms with Gasteiger partial charge in [0, 0.05) is 0 Å². The third-order valence-electron chi connectivity index (χ3n) is 9.73. The summed E-state index contributed by atoms with van der Waals surface area (Å²) in [5, 5.41) is 23.0. The zero-order valence-corrected chi connectivity index (χ0v) is 15.0. The minimum atomic E-state index is -0.442. The average Bonchev–Trinajstić information content (AvgIpc) is 2.51. The van der Waals surface area contributed by atoms with Crippen LogP contribution in [0.3, 0.4) is 0 Å². The minimum Gasteiger partial charge on any atom is -0.390 e. The molecule has 2 heteroatoms. The van der Waals surface area contributed by atoms with Crippen LogP contribution in [0, 0.1) is 46.3 Å². The van der Waals surface area contributed by atoms with Gasteiger partial charge in [0.25, 0.3) is 0 Å². The highest BCUT2D eigenvalue weighted by Gasteiger charge is 2.61. The van der Waals surface area contributed by atoms with Gasteiger partial charge in [-0.15, -0.1) is 0 Å². The summed E-state index contributed by atoms with van der Waals surface area (Å²) >= 11 is 0. The van der Waals surface area contributed by atoms with Crippen LogP contribution >= 0.6 is 0 Å². The molecule has 8 rings (SSSR count). The fourth-order valence-corrected chi connectivity index (χ4v) is 9.75. The molecule has 0 aromatic carbocycles. The molecule has 2 nitrogen and oxygen atoms in total. The Kier molecular flexibility index (Phi) is 3.00. The van der Waals surface area contributed by atoms with Crippen LogP contribution in [0.15, 0.2) is 0 Å². The van der Waals surface area contributed by atoms with Crippen LogP contribution in [0.25, 0.3) is 0 Å². The van der Waals surface area contributed by atoms with E-state index in [0.29, 0.717) is 0 Å². The van der Waals surface area contributed by atoms with Crippen molar-refractivity contribution in [2.45, 2.75) is 89.3 Å². The summed E-state index contributed by atoms with van der Waals surface area (Å²) in [5.41, 5.74) is 0.162. The molecule has 0 saturated heterocycles. The smallest absolute Gasteiger partial charge is 0.0860 e. The first kappa shape index (κ1) is 15.0. The molecule has 2 N–H and O–H groups in total.